The SMILES string of the molecule is Cc1cccc([C@H](C)NC(=O)C2CC(O)CN2)c1. The monoisotopic (exact) mass is 248 g/mol. The quantitative estimate of drug-likeness (QED) is 0.744. The largest absolute Gasteiger partial charge is 0.392 e. The molecule has 18 heavy (non-hydrogen) atoms. The predicted octanol–water partition coefficient (Wildman–Crippen LogP) is 0.895. The highest BCUT2D eigenvalue weighted by Crippen LogP contribution is 2.15. The van der Waals surface area contributed by atoms with Gasteiger partial charge in [-0.2, -0.15) is 0 Å². The van der Waals surface area contributed by atoms with Gasteiger partial charge in [-0.15, -0.1) is 0 Å². The standard InChI is InChI=1S/C14H20N2O2/c1-9-4-3-5-11(6-9)10(2)16-14(18)13-7-12(17)8-15-13/h3-6,10,12-13,15,17H,7-8H2,1-2H3,(H,16,18)/t10-,12?,13?/m0/s1. The minimum absolute atomic E-state index is 0.0167. The third kappa shape index (κ3) is 3.09. The van der Waals surface area contributed by atoms with E-state index in [1.807, 2.05) is 32.0 Å². The zero-order chi connectivity index (χ0) is 13.1. The second kappa shape index (κ2) is 5.50. The molecule has 4 heteroatoms. The van der Waals surface area contributed by atoms with Gasteiger partial charge in [-0.3, -0.25) is 4.79 Å². The van der Waals surface area contributed by atoms with Gasteiger partial charge in [0.1, 0.15) is 0 Å². The van der Waals surface area contributed by atoms with E-state index in [-0.39, 0.29) is 18.0 Å². The molecule has 1 aliphatic heterocycles. The molecule has 3 atom stereocenters. The summed E-state index contributed by atoms with van der Waals surface area (Å²) in [6.45, 7) is 4.50. The van der Waals surface area contributed by atoms with Crippen LogP contribution in [0.4, 0.5) is 0 Å². The van der Waals surface area contributed by atoms with Gasteiger partial charge in [-0.25, -0.2) is 0 Å². The molecule has 0 spiro atoms. The maximum Gasteiger partial charge on any atom is 0.237 e. The van der Waals surface area contributed by atoms with Crippen molar-refractivity contribution in [2.75, 3.05) is 6.54 Å². The molecule has 1 aromatic carbocycles. The van der Waals surface area contributed by atoms with Crippen LogP contribution >= 0.6 is 0 Å². The molecule has 1 aromatic rings. The number of amides is 1. The van der Waals surface area contributed by atoms with E-state index in [2.05, 4.69) is 16.7 Å². The molecular formula is C14H20N2O2. The lowest BCUT2D eigenvalue weighted by molar-refractivity contribution is -0.123. The number of aliphatic hydroxyl groups excluding tert-OH is 1. The Morgan fingerprint density at radius 2 is 2.33 bits per heavy atom. The van der Waals surface area contributed by atoms with Crippen molar-refractivity contribution in [1.29, 1.82) is 0 Å². The molecule has 0 aromatic heterocycles. The number of carbonyl (C=O) groups is 1. The van der Waals surface area contributed by atoms with Crippen molar-refractivity contribution >= 4 is 5.91 Å². The molecule has 3 N–H and O–H groups in total. The second-order valence-corrected chi connectivity index (χ2v) is 4.99. The number of nitrogens with one attached hydrogen (secondary N) is 2. The van der Waals surface area contributed by atoms with Crippen LogP contribution in [0.15, 0.2) is 24.3 Å². The van der Waals surface area contributed by atoms with Crippen molar-refractivity contribution < 1.29 is 9.90 Å². The molecule has 1 amide bonds. The van der Waals surface area contributed by atoms with Crippen LogP contribution < -0.4 is 10.6 Å². The van der Waals surface area contributed by atoms with Gasteiger partial charge in [0.2, 0.25) is 5.91 Å². The Hall–Kier alpha value is -1.39. The number of benzene rings is 1. The van der Waals surface area contributed by atoms with E-state index < -0.39 is 6.10 Å². The molecule has 1 aliphatic rings. The predicted molar refractivity (Wildman–Crippen MR) is 70.2 cm³/mol. The van der Waals surface area contributed by atoms with E-state index in [0.29, 0.717) is 13.0 Å². The van der Waals surface area contributed by atoms with Crippen LogP contribution in [-0.2, 0) is 4.79 Å². The fourth-order valence-electron chi connectivity index (χ4n) is 2.25. The number of hydrogen-bond donors (Lipinski definition) is 3. The summed E-state index contributed by atoms with van der Waals surface area (Å²) in [6, 6.07) is 7.82. The third-order valence-corrected chi connectivity index (χ3v) is 3.33. The molecule has 1 saturated heterocycles. The second-order valence-electron chi connectivity index (χ2n) is 4.99. The summed E-state index contributed by atoms with van der Waals surface area (Å²) < 4.78 is 0. The number of aryl methyl sites for hydroxylation is 1. The van der Waals surface area contributed by atoms with Crippen LogP contribution in [0.2, 0.25) is 0 Å². The number of carbonyl (C=O) groups excluding carboxylic acids is 1. The van der Waals surface area contributed by atoms with Gasteiger partial charge in [0.15, 0.2) is 0 Å². The van der Waals surface area contributed by atoms with Crippen LogP contribution in [-0.4, -0.2) is 29.7 Å². The number of hydrogen-bond acceptors (Lipinski definition) is 3. The van der Waals surface area contributed by atoms with E-state index in [9.17, 15) is 9.90 Å². The summed E-state index contributed by atoms with van der Waals surface area (Å²) in [5, 5.41) is 15.4. The summed E-state index contributed by atoms with van der Waals surface area (Å²) in [5.74, 6) is -0.0412. The van der Waals surface area contributed by atoms with E-state index in [0.717, 1.165) is 5.56 Å². The molecule has 0 radical (unpaired) electrons. The highest BCUT2D eigenvalue weighted by molar-refractivity contribution is 5.82. The Kier molecular flexibility index (Phi) is 3.99. The van der Waals surface area contributed by atoms with Crippen LogP contribution in [0.1, 0.15) is 30.5 Å². The molecule has 0 bridgehead atoms. The van der Waals surface area contributed by atoms with Crippen molar-refractivity contribution in [3.8, 4) is 0 Å². The van der Waals surface area contributed by atoms with Crippen molar-refractivity contribution in [3.05, 3.63) is 35.4 Å². The van der Waals surface area contributed by atoms with Gasteiger partial charge in [0.25, 0.3) is 0 Å². The van der Waals surface area contributed by atoms with Crippen LogP contribution in [0.3, 0.4) is 0 Å². The molecule has 2 unspecified atom stereocenters. The molecule has 2 rings (SSSR count). The minimum atomic E-state index is -0.407. The lowest BCUT2D eigenvalue weighted by Crippen LogP contribution is -2.41. The molecule has 4 nitrogen and oxygen atoms in total. The Bertz CT molecular complexity index is 434. The van der Waals surface area contributed by atoms with Crippen molar-refractivity contribution in [3.63, 3.8) is 0 Å². The zero-order valence-electron chi connectivity index (χ0n) is 10.8. The van der Waals surface area contributed by atoms with Crippen molar-refractivity contribution in [1.82, 2.24) is 10.6 Å². The van der Waals surface area contributed by atoms with E-state index in [4.69, 9.17) is 0 Å². The van der Waals surface area contributed by atoms with Gasteiger partial charge in [-0.1, -0.05) is 29.8 Å². The molecule has 0 saturated carbocycles. The summed E-state index contributed by atoms with van der Waals surface area (Å²) >= 11 is 0. The Labute approximate surface area is 107 Å². The van der Waals surface area contributed by atoms with Crippen molar-refractivity contribution in [2.24, 2.45) is 0 Å². The average molecular weight is 248 g/mol. The molecule has 1 fully saturated rings. The first-order chi connectivity index (χ1) is 8.56. The summed E-state index contributed by atoms with van der Waals surface area (Å²) in [5.41, 5.74) is 2.28. The first-order valence-electron chi connectivity index (χ1n) is 6.34. The summed E-state index contributed by atoms with van der Waals surface area (Å²) in [7, 11) is 0. The van der Waals surface area contributed by atoms with Gasteiger partial charge in [-0.05, 0) is 25.8 Å². The summed E-state index contributed by atoms with van der Waals surface area (Å²) in [4.78, 5) is 12.0. The van der Waals surface area contributed by atoms with Gasteiger partial charge >= 0.3 is 0 Å². The van der Waals surface area contributed by atoms with Crippen molar-refractivity contribution in [2.45, 2.75) is 38.5 Å². The maximum absolute atomic E-state index is 12.0. The minimum Gasteiger partial charge on any atom is -0.392 e. The number of rotatable bonds is 3. The average Bonchev–Trinajstić information content (AvgIpc) is 2.76. The molecule has 1 heterocycles. The highest BCUT2D eigenvalue weighted by atomic mass is 16.3. The normalized spacial score (nSPS) is 24.8. The number of aliphatic hydroxyl groups is 1. The van der Waals surface area contributed by atoms with E-state index in [1.54, 1.807) is 0 Å². The zero-order valence-corrected chi connectivity index (χ0v) is 10.8. The van der Waals surface area contributed by atoms with Crippen LogP contribution in [0.5, 0.6) is 0 Å². The first-order valence-corrected chi connectivity index (χ1v) is 6.34. The van der Waals surface area contributed by atoms with Gasteiger partial charge in [0, 0.05) is 6.54 Å². The lowest BCUT2D eigenvalue weighted by Gasteiger charge is -2.18. The summed E-state index contributed by atoms with van der Waals surface area (Å²) in [6.07, 6.45) is 0.0850. The molecule has 98 valence electrons. The number of β-amino-alcohol motifs (C(OH)–C–C–N with tert-alkyl or cyclic N) is 1. The van der Waals surface area contributed by atoms with Crippen LogP contribution in [0, 0.1) is 6.92 Å². The molecular weight excluding hydrogens is 228 g/mol. The fourth-order valence-corrected chi connectivity index (χ4v) is 2.25. The Morgan fingerprint density at radius 3 is 2.94 bits per heavy atom. The Morgan fingerprint density at radius 1 is 1.56 bits per heavy atom. The van der Waals surface area contributed by atoms with Gasteiger partial charge < -0.3 is 15.7 Å². The van der Waals surface area contributed by atoms with E-state index >= 15 is 0 Å². The topological polar surface area (TPSA) is 61.4 Å². The third-order valence-electron chi connectivity index (χ3n) is 3.33. The lowest BCUT2D eigenvalue weighted by atomic mass is 10.1. The maximum atomic E-state index is 12.0. The fraction of sp³-hybridized carbons (Fsp3) is 0.500. The van der Waals surface area contributed by atoms with E-state index in [1.165, 1.54) is 5.56 Å². The van der Waals surface area contributed by atoms with Gasteiger partial charge in [0.05, 0.1) is 18.2 Å². The highest BCUT2D eigenvalue weighted by Gasteiger charge is 2.28. The molecule has 0 aliphatic carbocycles. The van der Waals surface area contributed by atoms with Crippen LogP contribution in [0.25, 0.3) is 0 Å². The smallest absolute Gasteiger partial charge is 0.237 e. The Balaban J connectivity index is 1.95. The first kappa shape index (κ1) is 13.1.